The van der Waals surface area contributed by atoms with Crippen molar-refractivity contribution in [3.8, 4) is 5.69 Å². The van der Waals surface area contributed by atoms with E-state index in [1.165, 1.54) is 30.0 Å². The number of aryl methyl sites for hydroxylation is 1. The number of aromatic nitrogens is 3. The number of anilines is 1. The van der Waals surface area contributed by atoms with Crippen molar-refractivity contribution in [1.29, 1.82) is 0 Å². The fraction of sp³-hybridized carbons (Fsp3) is 0.118. The van der Waals surface area contributed by atoms with Crippen molar-refractivity contribution >= 4 is 45.0 Å². The molecule has 1 N–H and O–H groups in total. The van der Waals surface area contributed by atoms with Gasteiger partial charge >= 0.3 is 0 Å². The summed E-state index contributed by atoms with van der Waals surface area (Å²) in [6.45, 7) is 1.99. The second-order valence-electron chi connectivity index (χ2n) is 5.53. The fourth-order valence-corrected chi connectivity index (χ4v) is 3.54. The van der Waals surface area contributed by atoms with Crippen LogP contribution in [-0.2, 0) is 4.79 Å². The number of nitrogens with one attached hydrogen (secondary N) is 1. The maximum absolute atomic E-state index is 12.2. The SMILES string of the molecule is Cc1ccccc1-n1cnnc1SCC(=O)Nc1ccc([N+](=O)[O-])cc1Br. The van der Waals surface area contributed by atoms with E-state index in [1.54, 1.807) is 6.33 Å². The molecule has 0 aliphatic carbocycles. The molecule has 0 radical (unpaired) electrons. The van der Waals surface area contributed by atoms with E-state index in [0.717, 1.165) is 11.3 Å². The molecule has 2 aromatic carbocycles. The monoisotopic (exact) mass is 447 g/mol. The molecule has 138 valence electrons. The number of para-hydroxylation sites is 1. The number of nitro benzene ring substituents is 1. The van der Waals surface area contributed by atoms with Crippen molar-refractivity contribution in [3.05, 3.63) is 68.9 Å². The van der Waals surface area contributed by atoms with Gasteiger partial charge in [-0.15, -0.1) is 10.2 Å². The predicted octanol–water partition coefficient (Wildman–Crippen LogP) is 3.98. The van der Waals surface area contributed by atoms with E-state index in [0.29, 0.717) is 15.3 Å². The average Bonchev–Trinajstić information content (AvgIpc) is 3.10. The first-order valence-electron chi connectivity index (χ1n) is 7.78. The van der Waals surface area contributed by atoms with Crippen LogP contribution in [0.15, 0.2) is 58.4 Å². The largest absolute Gasteiger partial charge is 0.324 e. The van der Waals surface area contributed by atoms with Crippen LogP contribution in [0, 0.1) is 17.0 Å². The number of carbonyl (C=O) groups is 1. The first-order chi connectivity index (χ1) is 13.0. The minimum absolute atomic E-state index is 0.0550. The van der Waals surface area contributed by atoms with Crippen molar-refractivity contribution in [2.24, 2.45) is 0 Å². The maximum atomic E-state index is 12.2. The van der Waals surface area contributed by atoms with Gasteiger partial charge in [0.25, 0.3) is 5.69 Å². The Morgan fingerprint density at radius 1 is 1.33 bits per heavy atom. The van der Waals surface area contributed by atoms with E-state index >= 15 is 0 Å². The third kappa shape index (κ3) is 4.52. The number of carbonyl (C=O) groups excluding carboxylic acids is 1. The molecule has 8 nitrogen and oxygen atoms in total. The number of nitro groups is 1. The van der Waals surface area contributed by atoms with Crippen LogP contribution < -0.4 is 5.32 Å². The lowest BCUT2D eigenvalue weighted by molar-refractivity contribution is -0.384. The van der Waals surface area contributed by atoms with Crippen molar-refractivity contribution in [3.63, 3.8) is 0 Å². The molecule has 0 spiro atoms. The first kappa shape index (κ1) is 19.1. The van der Waals surface area contributed by atoms with Crippen LogP contribution in [0.25, 0.3) is 5.69 Å². The Bertz CT molecular complexity index is 1010. The molecule has 27 heavy (non-hydrogen) atoms. The molecular formula is C17H14BrN5O3S. The zero-order valence-electron chi connectivity index (χ0n) is 14.1. The molecule has 0 saturated carbocycles. The molecule has 0 aliphatic rings. The molecular weight excluding hydrogens is 434 g/mol. The highest BCUT2D eigenvalue weighted by atomic mass is 79.9. The van der Waals surface area contributed by atoms with Gasteiger partial charge < -0.3 is 5.32 Å². The van der Waals surface area contributed by atoms with Gasteiger partial charge in [0.05, 0.1) is 22.1 Å². The number of rotatable bonds is 6. The molecule has 1 amide bonds. The minimum atomic E-state index is -0.495. The standard InChI is InChI=1S/C17H14BrN5O3S/c1-11-4-2-3-5-15(11)22-10-19-21-17(22)27-9-16(24)20-14-7-6-12(23(25)26)8-13(14)18/h2-8,10H,9H2,1H3,(H,20,24). The highest BCUT2D eigenvalue weighted by molar-refractivity contribution is 9.10. The van der Waals surface area contributed by atoms with Gasteiger partial charge in [0.1, 0.15) is 6.33 Å². The van der Waals surface area contributed by atoms with E-state index in [4.69, 9.17) is 0 Å². The summed E-state index contributed by atoms with van der Waals surface area (Å²) < 4.78 is 2.27. The summed E-state index contributed by atoms with van der Waals surface area (Å²) in [6.07, 6.45) is 1.61. The Morgan fingerprint density at radius 2 is 2.11 bits per heavy atom. The zero-order chi connectivity index (χ0) is 19.4. The number of halogens is 1. The molecule has 1 heterocycles. The van der Waals surface area contributed by atoms with E-state index in [9.17, 15) is 14.9 Å². The lowest BCUT2D eigenvalue weighted by Crippen LogP contribution is -2.15. The number of non-ortho nitro benzene ring substituents is 1. The van der Waals surface area contributed by atoms with Crippen molar-refractivity contribution in [1.82, 2.24) is 14.8 Å². The molecule has 0 aliphatic heterocycles. The number of hydrogen-bond donors (Lipinski definition) is 1. The van der Waals surface area contributed by atoms with Crippen LogP contribution in [0.5, 0.6) is 0 Å². The number of thioether (sulfide) groups is 1. The number of benzene rings is 2. The summed E-state index contributed by atoms with van der Waals surface area (Å²) in [5, 5.41) is 22.1. The van der Waals surface area contributed by atoms with Gasteiger partial charge in [-0.2, -0.15) is 0 Å². The Balaban J connectivity index is 1.67. The second-order valence-corrected chi connectivity index (χ2v) is 7.32. The summed E-state index contributed by atoms with van der Waals surface area (Å²) in [5.41, 5.74) is 2.43. The van der Waals surface area contributed by atoms with Crippen LogP contribution in [0.3, 0.4) is 0 Å². The van der Waals surface area contributed by atoms with E-state index in [-0.39, 0.29) is 17.3 Å². The molecule has 3 aromatic rings. The van der Waals surface area contributed by atoms with Crippen molar-refractivity contribution in [2.75, 3.05) is 11.1 Å². The molecule has 10 heteroatoms. The van der Waals surface area contributed by atoms with Gasteiger partial charge in [0.15, 0.2) is 5.16 Å². The quantitative estimate of drug-likeness (QED) is 0.348. The van der Waals surface area contributed by atoms with Gasteiger partial charge in [-0.05, 0) is 40.5 Å². The van der Waals surface area contributed by atoms with E-state index in [2.05, 4.69) is 31.4 Å². The summed E-state index contributed by atoms with van der Waals surface area (Å²) in [5.74, 6) is -0.137. The Hall–Kier alpha value is -2.72. The van der Waals surface area contributed by atoms with E-state index < -0.39 is 4.92 Å². The number of nitrogens with zero attached hydrogens (tertiary/aromatic N) is 4. The summed E-state index contributed by atoms with van der Waals surface area (Å²) in [4.78, 5) is 22.5. The first-order valence-corrected chi connectivity index (χ1v) is 9.56. The van der Waals surface area contributed by atoms with Gasteiger partial charge in [-0.1, -0.05) is 30.0 Å². The Labute approximate surface area is 167 Å². The number of hydrogen-bond acceptors (Lipinski definition) is 6. The topological polar surface area (TPSA) is 103 Å². The van der Waals surface area contributed by atoms with Crippen LogP contribution >= 0.6 is 27.7 Å². The minimum Gasteiger partial charge on any atom is -0.324 e. The predicted molar refractivity (Wildman–Crippen MR) is 106 cm³/mol. The molecule has 1 aromatic heterocycles. The highest BCUT2D eigenvalue weighted by Gasteiger charge is 2.14. The normalized spacial score (nSPS) is 10.6. The third-order valence-electron chi connectivity index (χ3n) is 3.66. The zero-order valence-corrected chi connectivity index (χ0v) is 16.5. The van der Waals surface area contributed by atoms with Crippen LogP contribution in [0.2, 0.25) is 0 Å². The van der Waals surface area contributed by atoms with Gasteiger partial charge in [0.2, 0.25) is 5.91 Å². The third-order valence-corrected chi connectivity index (χ3v) is 5.26. The van der Waals surface area contributed by atoms with Crippen molar-refractivity contribution in [2.45, 2.75) is 12.1 Å². The molecule has 3 rings (SSSR count). The molecule has 0 fully saturated rings. The molecule has 0 saturated heterocycles. The van der Waals surface area contributed by atoms with Gasteiger partial charge in [-0.3, -0.25) is 19.5 Å². The Kier molecular flexibility index (Phi) is 5.87. The molecule has 0 unspecified atom stereocenters. The molecule has 0 atom stereocenters. The lowest BCUT2D eigenvalue weighted by Gasteiger charge is -2.09. The Morgan fingerprint density at radius 3 is 2.81 bits per heavy atom. The lowest BCUT2D eigenvalue weighted by atomic mass is 10.2. The van der Waals surface area contributed by atoms with E-state index in [1.807, 2.05) is 35.8 Å². The van der Waals surface area contributed by atoms with Crippen LogP contribution in [-0.4, -0.2) is 31.3 Å². The average molecular weight is 448 g/mol. The summed E-state index contributed by atoms with van der Waals surface area (Å²) in [7, 11) is 0. The fourth-order valence-electron chi connectivity index (χ4n) is 2.36. The summed E-state index contributed by atoms with van der Waals surface area (Å²) >= 11 is 4.48. The second kappa shape index (κ2) is 8.31. The molecule has 0 bridgehead atoms. The number of amides is 1. The van der Waals surface area contributed by atoms with Crippen LogP contribution in [0.4, 0.5) is 11.4 Å². The smallest absolute Gasteiger partial charge is 0.270 e. The highest BCUT2D eigenvalue weighted by Crippen LogP contribution is 2.28. The van der Waals surface area contributed by atoms with Crippen LogP contribution in [0.1, 0.15) is 5.56 Å². The van der Waals surface area contributed by atoms with Gasteiger partial charge in [-0.25, -0.2) is 0 Å². The van der Waals surface area contributed by atoms with Crippen molar-refractivity contribution < 1.29 is 9.72 Å². The summed E-state index contributed by atoms with van der Waals surface area (Å²) in [6, 6.07) is 12.0. The maximum Gasteiger partial charge on any atom is 0.270 e. The van der Waals surface area contributed by atoms with Gasteiger partial charge in [0, 0.05) is 16.6 Å².